The molecule has 4 nitrogen and oxygen atoms in total. The smallest absolute Gasteiger partial charge is 0.131 e. The molecule has 0 radical (unpaired) electrons. The molecule has 1 aromatic heterocycles. The van der Waals surface area contributed by atoms with E-state index >= 15 is 0 Å². The van der Waals surface area contributed by atoms with Crippen molar-refractivity contribution in [1.82, 2.24) is 14.7 Å². The minimum atomic E-state index is -0.525. The van der Waals surface area contributed by atoms with Crippen LogP contribution in [-0.2, 0) is 13.6 Å². The first-order valence-electron chi connectivity index (χ1n) is 5.02. The number of aryl methyl sites for hydroxylation is 2. The van der Waals surface area contributed by atoms with Crippen molar-refractivity contribution in [2.45, 2.75) is 26.0 Å². The van der Waals surface area contributed by atoms with E-state index in [9.17, 15) is 5.11 Å². The van der Waals surface area contributed by atoms with Crippen LogP contribution in [0, 0.1) is 6.92 Å². The van der Waals surface area contributed by atoms with E-state index in [4.69, 9.17) is 11.6 Å². The molecule has 2 heterocycles. The minimum absolute atomic E-state index is 0.525. The highest BCUT2D eigenvalue weighted by Gasteiger charge is 2.36. The molecule has 0 spiro atoms. The summed E-state index contributed by atoms with van der Waals surface area (Å²) in [5.41, 5.74) is 1.51. The molecular formula is C10H16ClN3O. The van der Waals surface area contributed by atoms with Crippen molar-refractivity contribution in [1.29, 1.82) is 0 Å². The van der Waals surface area contributed by atoms with Gasteiger partial charge in [-0.05, 0) is 13.8 Å². The zero-order chi connectivity index (χ0) is 11.2. The molecule has 0 amide bonds. The Bertz CT molecular complexity index is 378. The first-order valence-corrected chi connectivity index (χ1v) is 5.39. The van der Waals surface area contributed by atoms with Crippen molar-refractivity contribution in [3.05, 3.63) is 16.4 Å². The van der Waals surface area contributed by atoms with Crippen LogP contribution < -0.4 is 0 Å². The summed E-state index contributed by atoms with van der Waals surface area (Å²) in [6, 6.07) is 0. The quantitative estimate of drug-likeness (QED) is 0.821. The lowest BCUT2D eigenvalue weighted by atomic mass is 9.96. The Labute approximate surface area is 94.4 Å². The minimum Gasteiger partial charge on any atom is -0.388 e. The number of β-amino-alcohol motifs (C(OH)–C–C–N with tert-alkyl or cyclic N) is 1. The molecule has 15 heavy (non-hydrogen) atoms. The fraction of sp³-hybridized carbons (Fsp3) is 0.700. The van der Waals surface area contributed by atoms with Gasteiger partial charge < -0.3 is 5.11 Å². The second-order valence-corrected chi connectivity index (χ2v) is 4.98. The van der Waals surface area contributed by atoms with E-state index in [2.05, 4.69) is 10.00 Å². The number of aromatic nitrogens is 2. The lowest BCUT2D eigenvalue weighted by Crippen LogP contribution is -2.59. The van der Waals surface area contributed by atoms with Gasteiger partial charge in [0.15, 0.2) is 0 Å². The number of hydrogen-bond donors (Lipinski definition) is 1. The molecule has 1 saturated heterocycles. The van der Waals surface area contributed by atoms with E-state index in [0.29, 0.717) is 18.2 Å². The van der Waals surface area contributed by atoms with Crippen LogP contribution in [0.1, 0.15) is 18.2 Å². The second-order valence-electron chi connectivity index (χ2n) is 4.62. The summed E-state index contributed by atoms with van der Waals surface area (Å²) in [5.74, 6) is 0. The van der Waals surface area contributed by atoms with Crippen LogP contribution in [0.5, 0.6) is 0 Å². The van der Waals surface area contributed by atoms with Crippen LogP contribution in [0.2, 0.25) is 5.15 Å². The predicted octanol–water partition coefficient (Wildman–Crippen LogP) is 0.949. The molecule has 2 rings (SSSR count). The van der Waals surface area contributed by atoms with Gasteiger partial charge in [-0.3, -0.25) is 9.58 Å². The van der Waals surface area contributed by atoms with Crippen molar-refractivity contribution in [2.24, 2.45) is 7.05 Å². The lowest BCUT2D eigenvalue weighted by Gasteiger charge is -2.44. The Morgan fingerprint density at radius 1 is 1.53 bits per heavy atom. The zero-order valence-corrected chi connectivity index (χ0v) is 10.0. The molecule has 1 aliphatic rings. The van der Waals surface area contributed by atoms with Crippen molar-refractivity contribution in [3.63, 3.8) is 0 Å². The summed E-state index contributed by atoms with van der Waals surface area (Å²) in [5, 5.41) is 14.6. The normalized spacial score (nSPS) is 20.3. The summed E-state index contributed by atoms with van der Waals surface area (Å²) >= 11 is 6.12. The summed E-state index contributed by atoms with van der Waals surface area (Å²) < 4.78 is 1.68. The molecule has 1 fully saturated rings. The monoisotopic (exact) mass is 229 g/mol. The van der Waals surface area contributed by atoms with Crippen LogP contribution in [0.3, 0.4) is 0 Å². The third-order valence-electron chi connectivity index (χ3n) is 2.78. The molecule has 0 unspecified atom stereocenters. The van der Waals surface area contributed by atoms with E-state index in [1.807, 2.05) is 20.9 Å². The van der Waals surface area contributed by atoms with Gasteiger partial charge in [0.2, 0.25) is 0 Å². The molecule has 5 heteroatoms. The maximum absolute atomic E-state index is 9.61. The Hall–Kier alpha value is -0.580. The van der Waals surface area contributed by atoms with E-state index < -0.39 is 5.60 Å². The molecule has 84 valence electrons. The van der Waals surface area contributed by atoms with Gasteiger partial charge in [-0.25, -0.2) is 0 Å². The Morgan fingerprint density at radius 2 is 2.13 bits per heavy atom. The molecule has 0 saturated carbocycles. The molecule has 1 aromatic rings. The second kappa shape index (κ2) is 3.47. The first kappa shape index (κ1) is 10.9. The number of rotatable bonds is 2. The number of aliphatic hydroxyl groups is 1. The van der Waals surface area contributed by atoms with Gasteiger partial charge in [0.1, 0.15) is 5.15 Å². The average molecular weight is 230 g/mol. The lowest BCUT2D eigenvalue weighted by molar-refractivity contribution is -0.0871. The fourth-order valence-corrected chi connectivity index (χ4v) is 2.34. The van der Waals surface area contributed by atoms with Crippen LogP contribution >= 0.6 is 11.6 Å². The number of hydrogen-bond acceptors (Lipinski definition) is 3. The average Bonchev–Trinajstić information content (AvgIpc) is 2.29. The SMILES string of the molecule is Cc1nn(C)c(Cl)c1CN1CC(C)(O)C1. The molecule has 1 N–H and O–H groups in total. The predicted molar refractivity (Wildman–Crippen MR) is 58.9 cm³/mol. The van der Waals surface area contributed by atoms with Crippen LogP contribution in [-0.4, -0.2) is 38.5 Å². The van der Waals surface area contributed by atoms with E-state index in [1.165, 1.54) is 0 Å². The Balaban J connectivity index is 2.06. The molecule has 1 aliphatic heterocycles. The van der Waals surface area contributed by atoms with Crippen molar-refractivity contribution in [2.75, 3.05) is 13.1 Å². The summed E-state index contributed by atoms with van der Waals surface area (Å²) in [4.78, 5) is 2.16. The zero-order valence-electron chi connectivity index (χ0n) is 9.29. The van der Waals surface area contributed by atoms with Crippen LogP contribution in [0.4, 0.5) is 0 Å². The van der Waals surface area contributed by atoms with Crippen LogP contribution in [0.25, 0.3) is 0 Å². The number of likely N-dealkylation sites (tertiary alicyclic amines) is 1. The first-order chi connectivity index (χ1) is 6.89. The van der Waals surface area contributed by atoms with E-state index in [0.717, 1.165) is 17.8 Å². The summed E-state index contributed by atoms with van der Waals surface area (Å²) in [6.45, 7) is 5.99. The molecule has 0 bridgehead atoms. The maximum Gasteiger partial charge on any atom is 0.131 e. The van der Waals surface area contributed by atoms with Gasteiger partial charge in [0.05, 0.1) is 11.3 Å². The third-order valence-corrected chi connectivity index (χ3v) is 3.25. The van der Waals surface area contributed by atoms with Crippen molar-refractivity contribution in [3.8, 4) is 0 Å². The largest absolute Gasteiger partial charge is 0.388 e. The highest BCUT2D eigenvalue weighted by atomic mass is 35.5. The van der Waals surface area contributed by atoms with Gasteiger partial charge >= 0.3 is 0 Å². The van der Waals surface area contributed by atoms with Crippen molar-refractivity contribution < 1.29 is 5.11 Å². The van der Waals surface area contributed by atoms with Gasteiger partial charge in [-0.2, -0.15) is 5.10 Å². The fourth-order valence-electron chi connectivity index (χ4n) is 2.11. The molecule has 0 aliphatic carbocycles. The highest BCUT2D eigenvalue weighted by Crippen LogP contribution is 2.26. The molecule has 0 aromatic carbocycles. The summed E-state index contributed by atoms with van der Waals surface area (Å²) in [6.07, 6.45) is 0. The number of nitrogens with zero attached hydrogens (tertiary/aromatic N) is 3. The van der Waals surface area contributed by atoms with E-state index in [-0.39, 0.29) is 0 Å². The molecule has 0 atom stereocenters. The highest BCUT2D eigenvalue weighted by molar-refractivity contribution is 6.30. The van der Waals surface area contributed by atoms with Gasteiger partial charge in [-0.1, -0.05) is 11.6 Å². The van der Waals surface area contributed by atoms with Gasteiger partial charge in [-0.15, -0.1) is 0 Å². The standard InChI is InChI=1S/C10H16ClN3O/c1-7-8(9(11)13(3)12-7)4-14-5-10(2,15)6-14/h15H,4-6H2,1-3H3. The Morgan fingerprint density at radius 3 is 2.53 bits per heavy atom. The summed E-state index contributed by atoms with van der Waals surface area (Å²) in [7, 11) is 1.84. The Kier molecular flexibility index (Phi) is 2.53. The number of halogens is 1. The topological polar surface area (TPSA) is 41.3 Å². The molecular weight excluding hydrogens is 214 g/mol. The third kappa shape index (κ3) is 2.02. The maximum atomic E-state index is 9.61. The van der Waals surface area contributed by atoms with Crippen molar-refractivity contribution >= 4 is 11.6 Å². The van der Waals surface area contributed by atoms with Gasteiger partial charge in [0, 0.05) is 32.2 Å². The van der Waals surface area contributed by atoms with E-state index in [1.54, 1.807) is 4.68 Å². The van der Waals surface area contributed by atoms with Gasteiger partial charge in [0.25, 0.3) is 0 Å². The van der Waals surface area contributed by atoms with Crippen LogP contribution in [0.15, 0.2) is 0 Å².